The number of rotatable bonds is 14. The van der Waals surface area contributed by atoms with Gasteiger partial charge >= 0.3 is 0 Å². The van der Waals surface area contributed by atoms with Crippen molar-refractivity contribution in [2.75, 3.05) is 38.5 Å². The average molecular weight is 750 g/mol. The molecule has 2 aliphatic rings. The van der Waals surface area contributed by atoms with Crippen molar-refractivity contribution in [1.82, 2.24) is 30.0 Å². The lowest BCUT2D eigenvalue weighted by molar-refractivity contribution is -0.136. The molecule has 2 aromatic heterocycles. The maximum Gasteiger partial charge on any atom is 0.287 e. The molecule has 4 amide bonds. The topological polar surface area (TPSA) is 150 Å². The molecule has 12 nitrogen and oxygen atoms in total. The standard InChI is InChI=1S/C39H52FN7O5S/c1-7-24(3)22-39(5,34(44-35(48)31-23-41-45-53-31)38(51)47-18-16-46(6)17-19-47)28-13-14-30(29(40)21-28)42-36(49)32(27-11-9-25(4)10-12-27)43-37(50)33-26(8-2)15-20-52-33/h13-15,20-21,23,25,27,32,34H,3,7-12,16-19,22H2,1-2,4-6H3,(H,42,49)(H,43,50)(H,44,48)/t25?,27?,32-,34-,39-/m0/s1. The van der Waals surface area contributed by atoms with Crippen LogP contribution in [0.1, 0.15) is 97.6 Å². The lowest BCUT2D eigenvalue weighted by Gasteiger charge is -2.42. The second kappa shape index (κ2) is 17.6. The van der Waals surface area contributed by atoms with Crippen LogP contribution in [0.15, 0.2) is 53.3 Å². The van der Waals surface area contributed by atoms with Gasteiger partial charge in [-0.05, 0) is 86.3 Å². The number of carbonyl (C=O) groups excluding carboxylic acids is 4. The number of furan rings is 1. The van der Waals surface area contributed by atoms with Crippen LogP contribution in [-0.2, 0) is 21.4 Å². The molecule has 286 valence electrons. The summed E-state index contributed by atoms with van der Waals surface area (Å²) >= 11 is 0.918. The lowest BCUT2D eigenvalue weighted by Crippen LogP contribution is -2.60. The van der Waals surface area contributed by atoms with Crippen molar-refractivity contribution >= 4 is 40.8 Å². The van der Waals surface area contributed by atoms with Crippen LogP contribution in [0.5, 0.6) is 0 Å². The Morgan fingerprint density at radius 1 is 1.06 bits per heavy atom. The van der Waals surface area contributed by atoms with E-state index in [4.69, 9.17) is 4.42 Å². The number of aryl methyl sites for hydroxylation is 1. The summed E-state index contributed by atoms with van der Waals surface area (Å²) in [5.74, 6) is -1.97. The summed E-state index contributed by atoms with van der Waals surface area (Å²) in [6.07, 6.45) is 7.60. The van der Waals surface area contributed by atoms with Crippen molar-refractivity contribution in [3.63, 3.8) is 0 Å². The molecule has 0 bridgehead atoms. The van der Waals surface area contributed by atoms with E-state index in [1.165, 1.54) is 24.6 Å². The number of aromatic nitrogens is 2. The number of carbonyl (C=O) groups is 4. The Labute approximate surface area is 315 Å². The van der Waals surface area contributed by atoms with E-state index in [9.17, 15) is 19.2 Å². The summed E-state index contributed by atoms with van der Waals surface area (Å²) in [5, 5.41) is 12.4. The normalized spacial score (nSPS) is 20.2. The first-order valence-corrected chi connectivity index (χ1v) is 19.3. The van der Waals surface area contributed by atoms with Gasteiger partial charge in [-0.3, -0.25) is 19.2 Å². The Morgan fingerprint density at radius 3 is 2.40 bits per heavy atom. The molecule has 1 saturated carbocycles. The minimum atomic E-state index is -1.14. The van der Waals surface area contributed by atoms with E-state index >= 15 is 4.39 Å². The van der Waals surface area contributed by atoms with Crippen LogP contribution in [0.2, 0.25) is 0 Å². The zero-order chi connectivity index (χ0) is 38.3. The predicted octanol–water partition coefficient (Wildman–Crippen LogP) is 5.58. The molecule has 0 unspecified atom stereocenters. The summed E-state index contributed by atoms with van der Waals surface area (Å²) in [6.45, 7) is 14.4. The van der Waals surface area contributed by atoms with Gasteiger partial charge in [0.1, 0.15) is 22.8 Å². The van der Waals surface area contributed by atoms with E-state index in [1.54, 1.807) is 17.0 Å². The zero-order valence-electron chi connectivity index (χ0n) is 31.4. The van der Waals surface area contributed by atoms with Crippen LogP contribution in [0.4, 0.5) is 10.1 Å². The number of amides is 4. The minimum absolute atomic E-state index is 0.0622. The third kappa shape index (κ3) is 9.39. The van der Waals surface area contributed by atoms with Gasteiger partial charge in [-0.1, -0.05) is 63.2 Å². The van der Waals surface area contributed by atoms with Gasteiger partial charge in [0.05, 0.1) is 18.1 Å². The van der Waals surface area contributed by atoms with Crippen LogP contribution >= 0.6 is 11.5 Å². The van der Waals surface area contributed by atoms with Crippen LogP contribution in [0, 0.1) is 17.7 Å². The van der Waals surface area contributed by atoms with Gasteiger partial charge in [-0.2, -0.15) is 0 Å². The van der Waals surface area contributed by atoms with Crippen molar-refractivity contribution < 1.29 is 28.0 Å². The van der Waals surface area contributed by atoms with Gasteiger partial charge in [-0.15, -0.1) is 5.10 Å². The molecule has 0 spiro atoms. The summed E-state index contributed by atoms with van der Waals surface area (Å²) in [4.78, 5) is 59.3. The van der Waals surface area contributed by atoms with Crippen molar-refractivity contribution in [2.45, 2.75) is 90.1 Å². The number of nitrogens with zero attached hydrogens (tertiary/aromatic N) is 4. The van der Waals surface area contributed by atoms with Crippen molar-refractivity contribution in [3.8, 4) is 0 Å². The van der Waals surface area contributed by atoms with Crippen molar-refractivity contribution in [2.24, 2.45) is 11.8 Å². The third-order valence-corrected chi connectivity index (χ3v) is 11.7. The molecule has 53 heavy (non-hydrogen) atoms. The number of piperazine rings is 1. The van der Waals surface area contributed by atoms with Crippen molar-refractivity contribution in [1.29, 1.82) is 0 Å². The number of hydrogen-bond donors (Lipinski definition) is 3. The van der Waals surface area contributed by atoms with Gasteiger partial charge in [0, 0.05) is 37.2 Å². The number of hydrogen-bond acceptors (Lipinski definition) is 9. The lowest BCUT2D eigenvalue weighted by atomic mass is 9.70. The van der Waals surface area contributed by atoms with Crippen LogP contribution in [0.25, 0.3) is 0 Å². The van der Waals surface area contributed by atoms with E-state index in [0.29, 0.717) is 50.5 Å². The first kappa shape index (κ1) is 39.8. The number of nitrogens with one attached hydrogen (secondary N) is 3. The molecule has 14 heteroatoms. The van der Waals surface area contributed by atoms with Crippen molar-refractivity contribution in [3.05, 3.63) is 76.5 Å². The molecule has 0 radical (unpaired) electrons. The Bertz CT molecular complexity index is 1760. The smallest absolute Gasteiger partial charge is 0.287 e. The Hall–Kier alpha value is -4.43. The van der Waals surface area contributed by atoms with Gasteiger partial charge < -0.3 is 30.2 Å². The fraction of sp³-hybridized carbons (Fsp3) is 0.538. The summed E-state index contributed by atoms with van der Waals surface area (Å²) < 4.78 is 25.6. The first-order valence-electron chi connectivity index (χ1n) is 18.5. The van der Waals surface area contributed by atoms with E-state index in [-0.39, 0.29) is 34.6 Å². The fourth-order valence-electron chi connectivity index (χ4n) is 7.41. The van der Waals surface area contributed by atoms with Crippen LogP contribution in [-0.4, -0.2) is 88.3 Å². The molecule has 3 N–H and O–H groups in total. The summed E-state index contributed by atoms with van der Waals surface area (Å²) in [7, 11) is 1.99. The highest BCUT2D eigenvalue weighted by Gasteiger charge is 2.45. The highest BCUT2D eigenvalue weighted by Crippen LogP contribution is 2.38. The number of likely N-dealkylation sites (N-methyl/N-ethyl adjacent to an activating group) is 1. The molecule has 3 atom stereocenters. The molecular weight excluding hydrogens is 698 g/mol. The quantitative estimate of drug-likeness (QED) is 0.181. The Kier molecular flexibility index (Phi) is 13.2. The molecule has 5 rings (SSSR count). The molecule has 2 fully saturated rings. The Morgan fingerprint density at radius 2 is 1.77 bits per heavy atom. The SMILES string of the molecule is C=C(CC)C[C@@](C)(c1ccc(NC(=O)[C@@H](NC(=O)c2occc2CC)C2CCC(C)CC2)c(F)c1)[C@@H](NC(=O)c1cnns1)C(=O)N1CCN(C)CC1. The van der Waals surface area contributed by atoms with Crippen LogP contribution < -0.4 is 16.0 Å². The number of halogens is 1. The first-order chi connectivity index (χ1) is 25.3. The number of benzene rings is 1. The molecular formula is C39H52FN7O5S. The molecule has 1 aromatic carbocycles. The Balaban J connectivity index is 1.46. The molecule has 1 saturated heterocycles. The largest absolute Gasteiger partial charge is 0.459 e. The molecule has 3 heterocycles. The van der Waals surface area contributed by atoms with Gasteiger partial charge in [0.25, 0.3) is 11.8 Å². The monoisotopic (exact) mass is 749 g/mol. The molecule has 1 aliphatic carbocycles. The maximum absolute atomic E-state index is 16.3. The highest BCUT2D eigenvalue weighted by atomic mass is 32.1. The van der Waals surface area contributed by atoms with Gasteiger partial charge in [-0.25, -0.2) is 4.39 Å². The molecule has 1 aliphatic heterocycles. The van der Waals surface area contributed by atoms with E-state index in [2.05, 4.69) is 43.9 Å². The number of allylic oxidation sites excluding steroid dienone is 1. The second-order valence-electron chi connectivity index (χ2n) is 14.8. The van der Waals surface area contributed by atoms with Gasteiger partial charge in [0.2, 0.25) is 11.8 Å². The van der Waals surface area contributed by atoms with Crippen LogP contribution in [0.3, 0.4) is 0 Å². The molecule has 3 aromatic rings. The second-order valence-corrected chi connectivity index (χ2v) is 15.6. The highest BCUT2D eigenvalue weighted by molar-refractivity contribution is 7.07. The minimum Gasteiger partial charge on any atom is -0.459 e. The summed E-state index contributed by atoms with van der Waals surface area (Å²) in [6, 6.07) is 4.20. The van der Waals surface area contributed by atoms with Gasteiger partial charge in [0.15, 0.2) is 5.76 Å². The third-order valence-electron chi connectivity index (χ3n) is 11.0. The van der Waals surface area contributed by atoms with E-state index in [0.717, 1.165) is 48.4 Å². The summed E-state index contributed by atoms with van der Waals surface area (Å²) in [5.41, 5.74) is 0.804. The number of anilines is 1. The maximum atomic E-state index is 16.3. The van der Waals surface area contributed by atoms with E-state index < -0.39 is 41.0 Å². The predicted molar refractivity (Wildman–Crippen MR) is 202 cm³/mol. The fourth-order valence-corrected chi connectivity index (χ4v) is 7.82. The van der Waals surface area contributed by atoms with E-state index in [1.807, 2.05) is 27.8 Å². The zero-order valence-corrected chi connectivity index (χ0v) is 32.2. The average Bonchev–Trinajstić information content (AvgIpc) is 3.87.